The number of fused-ring (bicyclic) bond motifs is 4. The lowest BCUT2D eigenvalue weighted by Crippen LogP contribution is -2.38. The molecule has 0 spiro atoms. The number of para-hydroxylation sites is 1. The van der Waals surface area contributed by atoms with Gasteiger partial charge in [-0.2, -0.15) is 0 Å². The van der Waals surface area contributed by atoms with Crippen LogP contribution >= 0.6 is 45.2 Å². The highest BCUT2D eigenvalue weighted by Crippen LogP contribution is 2.32. The average Bonchev–Trinajstić information content (AvgIpc) is 3.00. The summed E-state index contributed by atoms with van der Waals surface area (Å²) in [6, 6.07) is 21.8. The number of halogens is 2. The maximum absolute atomic E-state index is 11.1. The topological polar surface area (TPSA) is 28.4 Å². The maximum atomic E-state index is 11.1. The fourth-order valence-corrected chi connectivity index (χ4v) is 5.55. The molecule has 1 N–H and O–H groups in total. The summed E-state index contributed by atoms with van der Waals surface area (Å²) in [5.74, 6) is 0. The smallest absolute Gasteiger partial charge is 0.0893 e. The summed E-state index contributed by atoms with van der Waals surface area (Å²) in [6.07, 6.45) is 1.85. The number of aliphatic hydroxyl groups is 1. The van der Waals surface area contributed by atoms with Crippen LogP contribution in [0.5, 0.6) is 0 Å². The molecule has 29 heavy (non-hydrogen) atoms. The number of anilines is 1. The summed E-state index contributed by atoms with van der Waals surface area (Å²) >= 11 is 4.75. The third-order valence-electron chi connectivity index (χ3n) is 5.82. The Kier molecular flexibility index (Phi) is 5.47. The van der Waals surface area contributed by atoms with Gasteiger partial charge in [0.15, 0.2) is 0 Å². The van der Waals surface area contributed by atoms with Crippen LogP contribution in [0.15, 0.2) is 60.7 Å². The number of β-amino-alcohol motifs (C(OH)–C–C–N with tert-alkyl or cyclic N) is 1. The first-order valence-electron chi connectivity index (χ1n) is 9.98. The van der Waals surface area contributed by atoms with E-state index in [4.69, 9.17) is 0 Å². The van der Waals surface area contributed by atoms with Crippen molar-refractivity contribution in [2.24, 2.45) is 0 Å². The lowest BCUT2D eigenvalue weighted by atomic mass is 10.0. The Hall–Kier alpha value is -1.32. The quantitative estimate of drug-likeness (QED) is 0.296. The van der Waals surface area contributed by atoms with Crippen LogP contribution in [0.2, 0.25) is 0 Å². The van der Waals surface area contributed by atoms with Gasteiger partial charge in [-0.1, -0.05) is 18.2 Å². The van der Waals surface area contributed by atoms with Crippen molar-refractivity contribution in [1.29, 1.82) is 0 Å². The molecule has 5 heteroatoms. The molecule has 0 bridgehead atoms. The van der Waals surface area contributed by atoms with Crippen molar-refractivity contribution in [2.75, 3.05) is 18.0 Å². The summed E-state index contributed by atoms with van der Waals surface area (Å²) in [5, 5.41) is 13.6. The number of rotatable bonds is 4. The largest absolute Gasteiger partial charge is 0.389 e. The number of nitrogens with zero attached hydrogens (tertiary/aromatic N) is 2. The van der Waals surface area contributed by atoms with Gasteiger partial charge < -0.3 is 14.6 Å². The number of aryl methyl sites for hydroxylation is 1. The Morgan fingerprint density at radius 1 is 0.862 bits per heavy atom. The van der Waals surface area contributed by atoms with Crippen LogP contribution in [0.4, 0.5) is 5.69 Å². The van der Waals surface area contributed by atoms with Crippen molar-refractivity contribution < 1.29 is 5.11 Å². The zero-order valence-corrected chi connectivity index (χ0v) is 20.3. The molecular weight excluding hydrogens is 586 g/mol. The molecule has 0 saturated carbocycles. The molecule has 1 aliphatic rings. The fourth-order valence-electron chi connectivity index (χ4n) is 4.57. The molecule has 0 unspecified atom stereocenters. The summed E-state index contributed by atoms with van der Waals surface area (Å²) in [6.45, 7) is 2.27. The Bertz CT molecular complexity index is 1140. The van der Waals surface area contributed by atoms with Crippen LogP contribution < -0.4 is 4.90 Å². The minimum Gasteiger partial charge on any atom is -0.389 e. The van der Waals surface area contributed by atoms with Crippen LogP contribution in [-0.2, 0) is 13.0 Å². The number of benzene rings is 3. The zero-order chi connectivity index (χ0) is 20.0. The molecule has 1 atom stereocenters. The van der Waals surface area contributed by atoms with E-state index in [1.807, 2.05) is 0 Å². The molecule has 5 rings (SSSR count). The molecule has 0 fully saturated rings. The van der Waals surface area contributed by atoms with E-state index in [0.29, 0.717) is 13.1 Å². The van der Waals surface area contributed by atoms with E-state index >= 15 is 0 Å². The summed E-state index contributed by atoms with van der Waals surface area (Å²) in [7, 11) is 0. The molecule has 1 aliphatic heterocycles. The maximum Gasteiger partial charge on any atom is 0.0893 e. The van der Waals surface area contributed by atoms with Crippen molar-refractivity contribution in [1.82, 2.24) is 4.57 Å². The summed E-state index contributed by atoms with van der Waals surface area (Å²) in [5.41, 5.74) is 5.07. The zero-order valence-electron chi connectivity index (χ0n) is 16.0. The minimum atomic E-state index is -0.432. The molecule has 3 aromatic carbocycles. The van der Waals surface area contributed by atoms with Crippen LogP contribution in [0.3, 0.4) is 0 Å². The van der Waals surface area contributed by atoms with Crippen molar-refractivity contribution in [3.63, 3.8) is 0 Å². The highest BCUT2D eigenvalue weighted by Gasteiger charge is 2.20. The number of aliphatic hydroxyl groups excluding tert-OH is 1. The van der Waals surface area contributed by atoms with E-state index < -0.39 is 6.10 Å². The van der Waals surface area contributed by atoms with Crippen LogP contribution in [-0.4, -0.2) is 28.9 Å². The molecule has 0 amide bonds. The van der Waals surface area contributed by atoms with Gasteiger partial charge in [-0.15, -0.1) is 0 Å². The molecule has 0 aliphatic carbocycles. The van der Waals surface area contributed by atoms with Crippen molar-refractivity contribution in [3.05, 3.63) is 73.4 Å². The Balaban J connectivity index is 1.49. The molecule has 0 saturated heterocycles. The van der Waals surface area contributed by atoms with Gasteiger partial charge in [0.25, 0.3) is 0 Å². The summed E-state index contributed by atoms with van der Waals surface area (Å²) in [4.78, 5) is 2.35. The number of aromatic nitrogens is 1. The van der Waals surface area contributed by atoms with Gasteiger partial charge in [0, 0.05) is 47.7 Å². The third kappa shape index (κ3) is 3.77. The van der Waals surface area contributed by atoms with Crippen molar-refractivity contribution in [2.45, 2.75) is 25.5 Å². The third-order valence-corrected chi connectivity index (χ3v) is 7.16. The predicted octanol–water partition coefficient (Wildman–Crippen LogP) is 5.82. The SMILES string of the molecule is O[C@@H](CN1CCCc2ccccc21)Cn1c2ccc(I)cc2c2cc(I)ccc21. The molecular formula is C24H22I2N2O. The average molecular weight is 608 g/mol. The van der Waals surface area contributed by atoms with Crippen molar-refractivity contribution in [3.8, 4) is 0 Å². The second-order valence-corrected chi connectivity index (χ2v) is 10.3. The summed E-state index contributed by atoms with van der Waals surface area (Å²) < 4.78 is 4.76. The highest BCUT2D eigenvalue weighted by molar-refractivity contribution is 14.1. The lowest BCUT2D eigenvalue weighted by molar-refractivity contribution is 0.161. The Morgan fingerprint density at radius 3 is 2.21 bits per heavy atom. The van der Waals surface area contributed by atoms with Crippen molar-refractivity contribution >= 4 is 72.7 Å². The second-order valence-electron chi connectivity index (χ2n) is 7.77. The van der Waals surface area contributed by atoms with Gasteiger partial charge in [0.1, 0.15) is 0 Å². The first-order valence-corrected chi connectivity index (χ1v) is 12.1. The predicted molar refractivity (Wildman–Crippen MR) is 138 cm³/mol. The van der Waals surface area contributed by atoms with E-state index in [9.17, 15) is 5.11 Å². The van der Waals surface area contributed by atoms with E-state index in [-0.39, 0.29) is 0 Å². The number of hydrogen-bond acceptors (Lipinski definition) is 2. The fraction of sp³-hybridized carbons (Fsp3) is 0.250. The van der Waals surface area contributed by atoms with Gasteiger partial charge in [-0.05, 0) is 106 Å². The molecule has 0 radical (unpaired) electrons. The first-order chi connectivity index (χ1) is 14.1. The molecule has 148 valence electrons. The highest BCUT2D eigenvalue weighted by atomic mass is 127. The number of hydrogen-bond donors (Lipinski definition) is 1. The van der Waals surface area contributed by atoms with Gasteiger partial charge in [0.05, 0.1) is 12.6 Å². The molecule has 2 heterocycles. The lowest BCUT2D eigenvalue weighted by Gasteiger charge is -2.33. The van der Waals surface area contributed by atoms with E-state index in [2.05, 4.69) is 115 Å². The van der Waals surface area contributed by atoms with Gasteiger partial charge in [0.2, 0.25) is 0 Å². The first kappa shape index (κ1) is 19.6. The van der Waals surface area contributed by atoms with Gasteiger partial charge >= 0.3 is 0 Å². The standard InChI is InChI=1S/C24H22I2N2O/c25-17-7-9-23-20(12-17)21-13-18(26)8-10-24(21)28(23)15-19(29)14-27-11-3-5-16-4-1-2-6-22(16)27/h1-2,4,6-10,12-13,19,29H,3,5,11,14-15H2/t19-/m0/s1. The Morgan fingerprint density at radius 2 is 1.52 bits per heavy atom. The van der Waals surface area contributed by atoms with Gasteiger partial charge in [-0.25, -0.2) is 0 Å². The van der Waals surface area contributed by atoms with Gasteiger partial charge in [-0.3, -0.25) is 0 Å². The van der Waals surface area contributed by atoms with E-state index in [1.165, 1.54) is 40.2 Å². The molecule has 1 aromatic heterocycles. The monoisotopic (exact) mass is 608 g/mol. The van der Waals surface area contributed by atoms with E-state index in [0.717, 1.165) is 19.4 Å². The normalized spacial score (nSPS) is 15.1. The minimum absolute atomic E-state index is 0.432. The molecule has 4 aromatic rings. The van der Waals surface area contributed by atoms with Crippen LogP contribution in [0, 0.1) is 7.14 Å². The molecule has 3 nitrogen and oxygen atoms in total. The van der Waals surface area contributed by atoms with Crippen LogP contribution in [0.25, 0.3) is 21.8 Å². The Labute approximate surface area is 198 Å². The van der Waals surface area contributed by atoms with Crippen LogP contribution in [0.1, 0.15) is 12.0 Å². The van der Waals surface area contributed by atoms with E-state index in [1.54, 1.807) is 0 Å². The second kappa shape index (κ2) is 8.07.